The minimum atomic E-state index is -0.614. The van der Waals surface area contributed by atoms with Crippen LogP contribution in [0.1, 0.15) is 13.0 Å². The van der Waals surface area contributed by atoms with Crippen molar-refractivity contribution in [2.24, 2.45) is 0 Å². The number of nitrogens with zero attached hydrogens (tertiary/aromatic N) is 4. The van der Waals surface area contributed by atoms with Gasteiger partial charge in [0.2, 0.25) is 5.82 Å². The predicted molar refractivity (Wildman–Crippen MR) is 95.7 cm³/mol. The van der Waals surface area contributed by atoms with Gasteiger partial charge in [-0.3, -0.25) is 4.79 Å². The van der Waals surface area contributed by atoms with Crippen LogP contribution in [0.15, 0.2) is 53.0 Å². The van der Waals surface area contributed by atoms with Crippen LogP contribution >= 0.6 is 27.5 Å². The van der Waals surface area contributed by atoms with E-state index >= 15 is 0 Å². The van der Waals surface area contributed by atoms with Crippen molar-refractivity contribution in [3.8, 4) is 11.4 Å². The van der Waals surface area contributed by atoms with E-state index in [-0.39, 0.29) is 5.91 Å². The second-order valence-electron chi connectivity index (χ2n) is 5.09. The Hall–Kier alpha value is -2.25. The maximum atomic E-state index is 12.3. The van der Waals surface area contributed by atoms with Crippen LogP contribution in [0.3, 0.4) is 0 Å². The lowest BCUT2D eigenvalue weighted by Gasteiger charge is -2.10. The van der Waals surface area contributed by atoms with E-state index < -0.39 is 6.04 Å². The lowest BCUT2D eigenvalue weighted by Crippen LogP contribution is -2.25. The molecule has 0 aliphatic carbocycles. The monoisotopic (exact) mass is 405 g/mol. The molecule has 3 aromatic rings. The van der Waals surface area contributed by atoms with Crippen molar-refractivity contribution in [2.75, 3.05) is 5.32 Å². The van der Waals surface area contributed by atoms with Crippen molar-refractivity contribution in [1.82, 2.24) is 20.2 Å². The highest BCUT2D eigenvalue weighted by Gasteiger charge is 2.19. The molecule has 0 bridgehead atoms. The Balaban J connectivity index is 1.75. The maximum Gasteiger partial charge on any atom is 0.250 e. The third-order valence-electron chi connectivity index (χ3n) is 3.38. The summed E-state index contributed by atoms with van der Waals surface area (Å²) in [7, 11) is 0. The minimum Gasteiger partial charge on any atom is -0.324 e. The third-order valence-corrected chi connectivity index (χ3v) is 4.24. The van der Waals surface area contributed by atoms with Crippen molar-refractivity contribution in [3.05, 3.63) is 58.0 Å². The van der Waals surface area contributed by atoms with Gasteiger partial charge in [0.05, 0.1) is 5.02 Å². The van der Waals surface area contributed by atoms with E-state index in [0.29, 0.717) is 22.1 Å². The van der Waals surface area contributed by atoms with Gasteiger partial charge in [0.25, 0.3) is 5.91 Å². The smallest absolute Gasteiger partial charge is 0.250 e. The van der Waals surface area contributed by atoms with Crippen LogP contribution in [0.2, 0.25) is 5.02 Å². The number of aromatic nitrogens is 4. The zero-order valence-electron chi connectivity index (χ0n) is 12.6. The molecule has 0 saturated carbocycles. The number of anilines is 1. The van der Waals surface area contributed by atoms with E-state index in [4.69, 9.17) is 11.6 Å². The summed E-state index contributed by atoms with van der Waals surface area (Å²) >= 11 is 9.48. The topological polar surface area (TPSA) is 72.7 Å². The predicted octanol–water partition coefficient (Wildman–Crippen LogP) is 3.96. The molecule has 0 spiro atoms. The largest absolute Gasteiger partial charge is 0.324 e. The number of carbonyl (C=O) groups excluding carboxylic acids is 1. The first-order chi connectivity index (χ1) is 11.5. The van der Waals surface area contributed by atoms with Gasteiger partial charge in [-0.2, -0.15) is 4.80 Å². The van der Waals surface area contributed by atoms with Gasteiger partial charge in [0.1, 0.15) is 6.04 Å². The second kappa shape index (κ2) is 7.11. The Bertz CT molecular complexity index is 865. The molecule has 1 atom stereocenters. The summed E-state index contributed by atoms with van der Waals surface area (Å²) in [6.07, 6.45) is 0. The van der Waals surface area contributed by atoms with E-state index in [1.807, 2.05) is 24.3 Å². The van der Waals surface area contributed by atoms with Crippen molar-refractivity contribution in [2.45, 2.75) is 13.0 Å². The molecule has 122 valence electrons. The number of hydrogen-bond donors (Lipinski definition) is 1. The van der Waals surface area contributed by atoms with Gasteiger partial charge >= 0.3 is 0 Å². The fraction of sp³-hybridized carbons (Fsp3) is 0.125. The molecule has 0 unspecified atom stereocenters. The first-order valence-corrected chi connectivity index (χ1v) is 8.32. The summed E-state index contributed by atoms with van der Waals surface area (Å²) < 4.78 is 0.941. The molecular weight excluding hydrogens is 394 g/mol. The van der Waals surface area contributed by atoms with Crippen LogP contribution in [0, 0.1) is 0 Å². The van der Waals surface area contributed by atoms with E-state index in [1.165, 1.54) is 4.80 Å². The van der Waals surface area contributed by atoms with Crippen LogP contribution in [0.4, 0.5) is 5.69 Å². The average Bonchev–Trinajstić information content (AvgIpc) is 3.06. The normalized spacial score (nSPS) is 12.0. The summed E-state index contributed by atoms with van der Waals surface area (Å²) in [6, 6.07) is 13.9. The highest BCUT2D eigenvalue weighted by molar-refractivity contribution is 9.10. The molecule has 3 rings (SSSR count). The molecule has 0 radical (unpaired) electrons. The lowest BCUT2D eigenvalue weighted by atomic mass is 10.2. The Morgan fingerprint density at radius 3 is 2.62 bits per heavy atom. The van der Waals surface area contributed by atoms with E-state index in [9.17, 15) is 4.79 Å². The van der Waals surface area contributed by atoms with Crippen molar-refractivity contribution in [1.29, 1.82) is 0 Å². The lowest BCUT2D eigenvalue weighted by molar-refractivity contribution is -0.119. The zero-order valence-corrected chi connectivity index (χ0v) is 15.0. The molecule has 0 aliphatic heterocycles. The molecule has 0 aliphatic rings. The van der Waals surface area contributed by atoms with Crippen LogP contribution in [-0.4, -0.2) is 26.1 Å². The molecule has 1 heterocycles. The molecular formula is C16H13BrClN5O. The standard InChI is InChI=1S/C16H13BrClN5O/c1-10(16(24)19-12-8-6-11(17)7-9-12)23-21-15(20-22-23)13-4-2-3-5-14(13)18/h2-10H,1H3,(H,19,24)/t10-/m1/s1. The number of amides is 1. The maximum absolute atomic E-state index is 12.3. The molecule has 0 saturated heterocycles. The second-order valence-corrected chi connectivity index (χ2v) is 6.41. The summed E-state index contributed by atoms with van der Waals surface area (Å²) in [4.78, 5) is 13.6. The van der Waals surface area contributed by atoms with Gasteiger partial charge in [-0.05, 0) is 48.5 Å². The summed E-state index contributed by atoms with van der Waals surface area (Å²) in [5.41, 5.74) is 1.37. The zero-order chi connectivity index (χ0) is 17.1. The molecule has 8 heteroatoms. The van der Waals surface area contributed by atoms with Gasteiger partial charge in [0.15, 0.2) is 0 Å². The third kappa shape index (κ3) is 3.63. The van der Waals surface area contributed by atoms with E-state index in [1.54, 1.807) is 31.2 Å². The first-order valence-electron chi connectivity index (χ1n) is 7.15. The fourth-order valence-corrected chi connectivity index (χ4v) is 2.51. The molecule has 0 fully saturated rings. The Labute approximate surface area is 152 Å². The fourth-order valence-electron chi connectivity index (χ4n) is 2.02. The highest BCUT2D eigenvalue weighted by atomic mass is 79.9. The van der Waals surface area contributed by atoms with Crippen LogP contribution in [0.5, 0.6) is 0 Å². The molecule has 1 amide bonds. The number of benzene rings is 2. The van der Waals surface area contributed by atoms with E-state index in [2.05, 4.69) is 36.7 Å². The molecule has 6 nitrogen and oxygen atoms in total. The molecule has 2 aromatic carbocycles. The van der Waals surface area contributed by atoms with Crippen molar-refractivity contribution >= 4 is 39.1 Å². The van der Waals surface area contributed by atoms with Gasteiger partial charge in [-0.15, -0.1) is 10.2 Å². The number of rotatable bonds is 4. The van der Waals surface area contributed by atoms with Crippen LogP contribution in [0.25, 0.3) is 11.4 Å². The number of nitrogens with one attached hydrogen (secondary N) is 1. The average molecular weight is 407 g/mol. The number of tetrazole rings is 1. The van der Waals surface area contributed by atoms with Gasteiger partial charge in [-0.25, -0.2) is 0 Å². The first kappa shape index (κ1) is 16.6. The molecule has 24 heavy (non-hydrogen) atoms. The highest BCUT2D eigenvalue weighted by Crippen LogP contribution is 2.24. The Kier molecular flexibility index (Phi) is 4.92. The van der Waals surface area contributed by atoms with E-state index in [0.717, 1.165) is 4.47 Å². The molecule has 1 N–H and O–H groups in total. The van der Waals surface area contributed by atoms with Gasteiger partial charge in [-0.1, -0.05) is 39.7 Å². The van der Waals surface area contributed by atoms with Crippen LogP contribution < -0.4 is 5.32 Å². The Morgan fingerprint density at radius 2 is 1.92 bits per heavy atom. The SMILES string of the molecule is C[C@H](C(=O)Nc1ccc(Br)cc1)n1nnc(-c2ccccc2Cl)n1. The van der Waals surface area contributed by atoms with Crippen LogP contribution in [-0.2, 0) is 4.79 Å². The number of halogens is 2. The summed E-state index contributed by atoms with van der Waals surface area (Å²) in [5.74, 6) is 0.143. The van der Waals surface area contributed by atoms with Crippen molar-refractivity contribution in [3.63, 3.8) is 0 Å². The summed E-state index contributed by atoms with van der Waals surface area (Å²) in [6.45, 7) is 1.70. The molecule has 1 aromatic heterocycles. The Morgan fingerprint density at radius 1 is 1.21 bits per heavy atom. The van der Waals surface area contributed by atoms with Gasteiger partial charge in [0, 0.05) is 15.7 Å². The number of hydrogen-bond acceptors (Lipinski definition) is 4. The van der Waals surface area contributed by atoms with Gasteiger partial charge < -0.3 is 5.32 Å². The summed E-state index contributed by atoms with van der Waals surface area (Å²) in [5, 5.41) is 15.5. The quantitative estimate of drug-likeness (QED) is 0.712. The minimum absolute atomic E-state index is 0.236. The number of carbonyl (C=O) groups is 1. The van der Waals surface area contributed by atoms with Crippen molar-refractivity contribution < 1.29 is 4.79 Å².